The van der Waals surface area contributed by atoms with Gasteiger partial charge >= 0.3 is 5.97 Å². The van der Waals surface area contributed by atoms with E-state index in [0.29, 0.717) is 5.75 Å². The Bertz CT molecular complexity index is 466. The molecular formula is C13H20N2O4S. The molecule has 1 amide bonds. The summed E-state index contributed by atoms with van der Waals surface area (Å²) in [6.07, 6.45) is 0.785. The van der Waals surface area contributed by atoms with E-state index in [9.17, 15) is 14.7 Å². The van der Waals surface area contributed by atoms with Crippen LogP contribution in [0.15, 0.2) is 12.1 Å². The third kappa shape index (κ3) is 6.98. The number of aromatic nitrogens is 1. The van der Waals surface area contributed by atoms with Crippen molar-refractivity contribution in [2.24, 2.45) is 0 Å². The predicted molar refractivity (Wildman–Crippen MR) is 79.1 cm³/mol. The largest absolute Gasteiger partial charge is 0.506 e. The number of carboxylic acids is 1. The van der Waals surface area contributed by atoms with Crippen LogP contribution in [0.2, 0.25) is 0 Å². The van der Waals surface area contributed by atoms with Gasteiger partial charge in [0, 0.05) is 18.4 Å². The molecule has 0 spiro atoms. The third-order valence-electron chi connectivity index (χ3n) is 2.28. The molecule has 20 heavy (non-hydrogen) atoms. The first-order chi connectivity index (χ1) is 9.31. The van der Waals surface area contributed by atoms with Gasteiger partial charge in [-0.05, 0) is 25.5 Å². The van der Waals surface area contributed by atoms with Crippen LogP contribution in [0.3, 0.4) is 0 Å². The van der Waals surface area contributed by atoms with Gasteiger partial charge in [0.1, 0.15) is 11.8 Å². The van der Waals surface area contributed by atoms with Crippen LogP contribution in [0.4, 0.5) is 0 Å². The third-order valence-corrected chi connectivity index (χ3v) is 2.65. The van der Waals surface area contributed by atoms with E-state index in [1.54, 1.807) is 12.1 Å². The Morgan fingerprint density at radius 2 is 2.05 bits per heavy atom. The minimum atomic E-state index is -1.06. The smallest absolute Gasteiger partial charge is 0.327 e. The quantitative estimate of drug-likeness (QED) is 0.625. The zero-order valence-electron chi connectivity index (χ0n) is 11.8. The molecule has 0 saturated heterocycles. The first kappa shape index (κ1) is 18.2. The molecule has 1 atom stereocenters. The fourth-order valence-corrected chi connectivity index (χ4v) is 1.54. The van der Waals surface area contributed by atoms with Crippen molar-refractivity contribution in [2.75, 3.05) is 5.75 Å². The summed E-state index contributed by atoms with van der Waals surface area (Å²) in [5.74, 6) is -1.02. The first-order valence-electron chi connectivity index (χ1n) is 6.08. The van der Waals surface area contributed by atoms with Crippen molar-refractivity contribution < 1.29 is 19.8 Å². The van der Waals surface area contributed by atoms with Gasteiger partial charge in [-0.25, -0.2) is 4.79 Å². The SMILES string of the molecule is CC(=O)N[C@@H](CS)C(=O)O.CCc1nc(C)ccc1O. The minimum absolute atomic E-state index is 0.106. The Kier molecular flexibility index (Phi) is 8.38. The summed E-state index contributed by atoms with van der Waals surface area (Å²) in [5.41, 5.74) is 1.73. The maximum atomic E-state index is 10.3. The van der Waals surface area contributed by atoms with Gasteiger partial charge in [-0.15, -0.1) is 0 Å². The fourth-order valence-electron chi connectivity index (χ4n) is 1.29. The second-order valence-electron chi connectivity index (χ2n) is 4.05. The van der Waals surface area contributed by atoms with Crippen molar-refractivity contribution in [3.05, 3.63) is 23.5 Å². The Balaban J connectivity index is 0.000000361. The van der Waals surface area contributed by atoms with Gasteiger partial charge in [0.2, 0.25) is 5.91 Å². The van der Waals surface area contributed by atoms with Gasteiger partial charge in [-0.3, -0.25) is 9.78 Å². The van der Waals surface area contributed by atoms with Crippen molar-refractivity contribution in [2.45, 2.75) is 33.2 Å². The van der Waals surface area contributed by atoms with E-state index in [1.807, 2.05) is 13.8 Å². The zero-order valence-corrected chi connectivity index (χ0v) is 12.6. The molecule has 0 fully saturated rings. The number of aromatic hydroxyl groups is 1. The Morgan fingerprint density at radius 1 is 1.45 bits per heavy atom. The van der Waals surface area contributed by atoms with Crippen molar-refractivity contribution in [1.82, 2.24) is 10.3 Å². The van der Waals surface area contributed by atoms with Crippen LogP contribution >= 0.6 is 12.6 Å². The van der Waals surface area contributed by atoms with Crippen molar-refractivity contribution in [1.29, 1.82) is 0 Å². The average molecular weight is 300 g/mol. The molecule has 1 aromatic heterocycles. The van der Waals surface area contributed by atoms with Crippen LogP contribution in [0.5, 0.6) is 5.75 Å². The molecule has 0 aliphatic rings. The number of hydrogen-bond donors (Lipinski definition) is 4. The van der Waals surface area contributed by atoms with Crippen LogP contribution in [0, 0.1) is 6.92 Å². The monoisotopic (exact) mass is 300 g/mol. The lowest BCUT2D eigenvalue weighted by molar-refractivity contribution is -0.140. The van der Waals surface area contributed by atoms with Gasteiger partial charge in [0.05, 0.1) is 5.69 Å². The normalized spacial score (nSPS) is 11.0. The number of carbonyl (C=O) groups excluding carboxylic acids is 1. The maximum Gasteiger partial charge on any atom is 0.327 e. The number of aliphatic carboxylic acids is 1. The molecule has 0 aliphatic heterocycles. The molecule has 1 heterocycles. The van der Waals surface area contributed by atoms with Crippen LogP contribution in [-0.4, -0.2) is 38.9 Å². The van der Waals surface area contributed by atoms with Crippen molar-refractivity contribution in [3.63, 3.8) is 0 Å². The number of carbonyl (C=O) groups is 2. The number of carboxylic acid groups (broad SMARTS) is 1. The van der Waals surface area contributed by atoms with E-state index in [-0.39, 0.29) is 11.7 Å². The van der Waals surface area contributed by atoms with Crippen LogP contribution in [-0.2, 0) is 16.0 Å². The van der Waals surface area contributed by atoms with Crippen LogP contribution in [0.25, 0.3) is 0 Å². The fraction of sp³-hybridized carbons (Fsp3) is 0.462. The second-order valence-corrected chi connectivity index (χ2v) is 4.41. The summed E-state index contributed by atoms with van der Waals surface area (Å²) in [6.45, 7) is 5.15. The number of hydrogen-bond acceptors (Lipinski definition) is 5. The van der Waals surface area contributed by atoms with E-state index >= 15 is 0 Å². The molecule has 0 bridgehead atoms. The van der Waals surface area contributed by atoms with E-state index in [0.717, 1.165) is 17.8 Å². The summed E-state index contributed by atoms with van der Waals surface area (Å²) in [5, 5.41) is 19.7. The lowest BCUT2D eigenvalue weighted by Crippen LogP contribution is -2.40. The van der Waals surface area contributed by atoms with Crippen LogP contribution < -0.4 is 5.32 Å². The molecule has 7 heteroatoms. The van der Waals surface area contributed by atoms with Gasteiger partial charge in [-0.2, -0.15) is 12.6 Å². The molecule has 0 unspecified atom stereocenters. The van der Waals surface area contributed by atoms with E-state index in [4.69, 9.17) is 5.11 Å². The molecule has 3 N–H and O–H groups in total. The topological polar surface area (TPSA) is 99.5 Å². The van der Waals surface area contributed by atoms with Crippen molar-refractivity contribution >= 4 is 24.5 Å². The molecule has 0 aromatic carbocycles. The lowest BCUT2D eigenvalue weighted by atomic mass is 10.2. The average Bonchev–Trinajstić information content (AvgIpc) is 2.39. The van der Waals surface area contributed by atoms with E-state index in [2.05, 4.69) is 22.9 Å². The lowest BCUT2D eigenvalue weighted by Gasteiger charge is -2.08. The Labute approximate surface area is 123 Å². The molecule has 1 rings (SSSR count). The number of thiol groups is 1. The minimum Gasteiger partial charge on any atom is -0.506 e. The van der Waals surface area contributed by atoms with Crippen molar-refractivity contribution in [3.8, 4) is 5.75 Å². The number of amides is 1. The second kappa shape index (κ2) is 9.19. The van der Waals surface area contributed by atoms with E-state index in [1.165, 1.54) is 6.92 Å². The number of aryl methyl sites for hydroxylation is 2. The highest BCUT2D eigenvalue weighted by Crippen LogP contribution is 2.14. The first-order valence-corrected chi connectivity index (χ1v) is 6.71. The number of nitrogens with zero attached hydrogens (tertiary/aromatic N) is 1. The summed E-state index contributed by atoms with van der Waals surface area (Å²) >= 11 is 3.73. The highest BCUT2D eigenvalue weighted by molar-refractivity contribution is 7.80. The zero-order chi connectivity index (χ0) is 15.7. The van der Waals surface area contributed by atoms with Gasteiger partial charge in [-0.1, -0.05) is 6.92 Å². The molecule has 0 radical (unpaired) electrons. The summed E-state index contributed by atoms with van der Waals surface area (Å²) < 4.78 is 0. The molecular weight excluding hydrogens is 280 g/mol. The number of pyridine rings is 1. The van der Waals surface area contributed by atoms with Crippen LogP contribution in [0.1, 0.15) is 25.2 Å². The Hall–Kier alpha value is -1.76. The molecule has 6 nitrogen and oxygen atoms in total. The number of nitrogens with one attached hydrogen (secondary N) is 1. The highest BCUT2D eigenvalue weighted by Gasteiger charge is 2.15. The Morgan fingerprint density at radius 3 is 2.35 bits per heavy atom. The summed E-state index contributed by atoms with van der Waals surface area (Å²) in [7, 11) is 0. The van der Waals surface area contributed by atoms with Gasteiger partial charge in [0.25, 0.3) is 0 Å². The molecule has 112 valence electrons. The maximum absolute atomic E-state index is 10.3. The standard InChI is InChI=1S/C8H11NO.C5H9NO3S/c1-3-7-8(10)5-4-6(2)9-7;1-3(7)6-4(2-10)5(8)9/h4-5,10H,3H2,1-2H3;4,10H,2H2,1H3,(H,6,7)(H,8,9)/t;4-/m.0/s1. The molecule has 1 aromatic rings. The highest BCUT2D eigenvalue weighted by atomic mass is 32.1. The molecule has 0 aliphatic carbocycles. The van der Waals surface area contributed by atoms with Gasteiger partial charge in [0.15, 0.2) is 0 Å². The van der Waals surface area contributed by atoms with Gasteiger partial charge < -0.3 is 15.5 Å². The predicted octanol–water partition coefficient (Wildman–Crippen LogP) is 1.16. The summed E-state index contributed by atoms with van der Waals surface area (Å²) in [6, 6.07) is 2.61. The summed E-state index contributed by atoms with van der Waals surface area (Å²) in [4.78, 5) is 24.7. The number of rotatable bonds is 4. The molecule has 0 saturated carbocycles. The van der Waals surface area contributed by atoms with E-state index < -0.39 is 12.0 Å².